The molecular formula is C24H32O5S. The van der Waals surface area contributed by atoms with Crippen LogP contribution in [-0.4, -0.2) is 26.4 Å². The van der Waals surface area contributed by atoms with Crippen LogP contribution in [0.5, 0.6) is 17.2 Å². The number of carboxylic acids is 1. The number of hydrogen-bond acceptors (Lipinski definition) is 5. The molecule has 0 heterocycles. The first kappa shape index (κ1) is 23.9. The van der Waals surface area contributed by atoms with Crippen LogP contribution in [0.4, 0.5) is 0 Å². The van der Waals surface area contributed by atoms with E-state index in [2.05, 4.69) is 6.92 Å². The minimum Gasteiger partial charge on any atom is -0.508 e. The van der Waals surface area contributed by atoms with E-state index in [1.165, 1.54) is 56.0 Å². The van der Waals surface area contributed by atoms with Gasteiger partial charge in [0.25, 0.3) is 0 Å². The molecule has 0 aliphatic rings. The summed E-state index contributed by atoms with van der Waals surface area (Å²) in [5, 5.41) is 40.0. The molecule has 0 aromatic heterocycles. The van der Waals surface area contributed by atoms with Crippen LogP contribution in [0.2, 0.25) is 0 Å². The van der Waals surface area contributed by atoms with E-state index in [0.717, 1.165) is 37.4 Å². The number of aliphatic carboxylic acids is 1. The number of phenols is 3. The molecule has 5 nitrogen and oxygen atoms in total. The molecule has 0 aliphatic heterocycles. The Kier molecular flexibility index (Phi) is 9.37. The maximum absolute atomic E-state index is 12.5. The summed E-state index contributed by atoms with van der Waals surface area (Å²) in [6, 6.07) is 10.5. The Labute approximate surface area is 182 Å². The maximum Gasteiger partial charge on any atom is 0.324 e. The molecule has 1 unspecified atom stereocenters. The minimum atomic E-state index is -1.35. The number of unbranched alkanes of at least 4 members (excludes halogenated alkanes) is 7. The summed E-state index contributed by atoms with van der Waals surface area (Å²) in [5.74, 6) is -1.27. The van der Waals surface area contributed by atoms with Crippen LogP contribution in [0.1, 0.15) is 70.3 Å². The fraction of sp³-hybridized carbons (Fsp3) is 0.458. The minimum absolute atomic E-state index is 0.00424. The number of carboxylic acid groups (broad SMARTS) is 1. The molecule has 4 N–H and O–H groups in total. The highest BCUT2D eigenvalue weighted by Gasteiger charge is 2.42. The van der Waals surface area contributed by atoms with Crippen LogP contribution < -0.4 is 0 Å². The summed E-state index contributed by atoms with van der Waals surface area (Å²) in [5.41, 5.74) is 0.482. The second-order valence-electron chi connectivity index (χ2n) is 7.66. The molecular weight excluding hydrogens is 400 g/mol. The zero-order chi connectivity index (χ0) is 22.0. The van der Waals surface area contributed by atoms with Crippen LogP contribution in [0, 0.1) is 0 Å². The second-order valence-corrected chi connectivity index (χ2v) is 9.00. The van der Waals surface area contributed by atoms with Gasteiger partial charge >= 0.3 is 5.97 Å². The van der Waals surface area contributed by atoms with Gasteiger partial charge in [0.15, 0.2) is 0 Å². The van der Waals surface area contributed by atoms with Crippen molar-refractivity contribution in [1.29, 1.82) is 0 Å². The van der Waals surface area contributed by atoms with Crippen molar-refractivity contribution in [2.45, 2.75) is 74.4 Å². The average Bonchev–Trinajstić information content (AvgIpc) is 2.70. The normalized spacial score (nSPS) is 13.1. The van der Waals surface area contributed by atoms with Crippen molar-refractivity contribution in [3.8, 4) is 17.2 Å². The zero-order valence-corrected chi connectivity index (χ0v) is 18.3. The molecule has 0 saturated carbocycles. The Balaban J connectivity index is 2.19. The number of phenolic OH excluding ortho intramolecular Hbond substituents is 3. The molecule has 2 aromatic rings. The third-order valence-electron chi connectivity index (χ3n) is 5.27. The van der Waals surface area contributed by atoms with E-state index in [1.807, 2.05) is 0 Å². The standard InChI is InChI=1S/C24H32O5S/c1-2-3-4-5-6-7-8-9-15-24(23(28)29,18-11-10-12-19(25)16-18)30-22-14-13-20(26)17-21(22)27/h10-14,16-17,25-27H,2-9,15H2,1H3,(H,28,29). The van der Waals surface area contributed by atoms with Gasteiger partial charge in [0.2, 0.25) is 0 Å². The summed E-state index contributed by atoms with van der Waals surface area (Å²) in [6.07, 6.45) is 9.16. The van der Waals surface area contributed by atoms with Gasteiger partial charge in [0, 0.05) is 6.07 Å². The first-order valence-electron chi connectivity index (χ1n) is 10.6. The monoisotopic (exact) mass is 432 g/mol. The summed E-state index contributed by atoms with van der Waals surface area (Å²) in [7, 11) is 0. The van der Waals surface area contributed by atoms with Gasteiger partial charge in [-0.3, -0.25) is 4.79 Å². The Morgan fingerprint density at radius 2 is 1.50 bits per heavy atom. The Bertz CT molecular complexity index is 823. The summed E-state index contributed by atoms with van der Waals surface area (Å²) in [4.78, 5) is 12.9. The van der Waals surface area contributed by atoms with E-state index < -0.39 is 10.7 Å². The van der Waals surface area contributed by atoms with Crippen LogP contribution in [-0.2, 0) is 9.54 Å². The summed E-state index contributed by atoms with van der Waals surface area (Å²) < 4.78 is -1.35. The quantitative estimate of drug-likeness (QED) is 0.216. The van der Waals surface area contributed by atoms with Crippen LogP contribution in [0.3, 0.4) is 0 Å². The van der Waals surface area contributed by atoms with E-state index >= 15 is 0 Å². The van der Waals surface area contributed by atoms with Crippen molar-refractivity contribution in [3.63, 3.8) is 0 Å². The number of benzene rings is 2. The molecule has 0 bridgehead atoms. The highest BCUT2D eigenvalue weighted by Crippen LogP contribution is 2.49. The van der Waals surface area contributed by atoms with Gasteiger partial charge in [-0.1, -0.05) is 82.2 Å². The van der Waals surface area contributed by atoms with Crippen molar-refractivity contribution in [1.82, 2.24) is 0 Å². The molecule has 6 heteroatoms. The smallest absolute Gasteiger partial charge is 0.324 e. The molecule has 2 aromatic carbocycles. The lowest BCUT2D eigenvalue weighted by Gasteiger charge is -2.30. The molecule has 164 valence electrons. The summed E-state index contributed by atoms with van der Waals surface area (Å²) in [6.45, 7) is 2.19. The zero-order valence-electron chi connectivity index (χ0n) is 17.5. The van der Waals surface area contributed by atoms with E-state index in [-0.39, 0.29) is 17.2 Å². The molecule has 1 atom stereocenters. The van der Waals surface area contributed by atoms with Gasteiger partial charge in [-0.15, -0.1) is 0 Å². The van der Waals surface area contributed by atoms with E-state index in [1.54, 1.807) is 12.1 Å². The van der Waals surface area contributed by atoms with Gasteiger partial charge in [-0.25, -0.2) is 0 Å². The number of rotatable bonds is 13. The number of carbonyl (C=O) groups is 1. The van der Waals surface area contributed by atoms with Crippen molar-refractivity contribution >= 4 is 17.7 Å². The van der Waals surface area contributed by atoms with Crippen molar-refractivity contribution in [2.75, 3.05) is 0 Å². The molecule has 0 spiro atoms. The Morgan fingerprint density at radius 1 is 0.867 bits per heavy atom. The van der Waals surface area contributed by atoms with Gasteiger partial charge in [0.05, 0.1) is 4.90 Å². The first-order valence-corrected chi connectivity index (χ1v) is 11.4. The van der Waals surface area contributed by atoms with E-state index in [9.17, 15) is 25.2 Å². The lowest BCUT2D eigenvalue weighted by molar-refractivity contribution is -0.140. The highest BCUT2D eigenvalue weighted by molar-refractivity contribution is 8.01. The molecule has 0 aliphatic carbocycles. The Morgan fingerprint density at radius 3 is 2.10 bits per heavy atom. The van der Waals surface area contributed by atoms with E-state index in [0.29, 0.717) is 16.9 Å². The van der Waals surface area contributed by atoms with Gasteiger partial charge in [0.1, 0.15) is 22.0 Å². The lowest BCUT2D eigenvalue weighted by Crippen LogP contribution is -2.32. The van der Waals surface area contributed by atoms with Crippen molar-refractivity contribution < 1.29 is 25.2 Å². The molecule has 30 heavy (non-hydrogen) atoms. The Hall–Kier alpha value is -2.34. The SMILES string of the molecule is CCCCCCCCCCC(Sc1ccc(O)cc1O)(C(=O)O)c1cccc(O)c1. The van der Waals surface area contributed by atoms with Gasteiger partial charge in [-0.2, -0.15) is 0 Å². The number of thioether (sulfide) groups is 1. The molecule has 2 rings (SSSR count). The molecule has 0 fully saturated rings. The van der Waals surface area contributed by atoms with Gasteiger partial charge < -0.3 is 20.4 Å². The fourth-order valence-corrected chi connectivity index (χ4v) is 4.83. The number of hydrogen-bond donors (Lipinski definition) is 4. The molecule has 0 amide bonds. The van der Waals surface area contributed by atoms with Crippen LogP contribution in [0.15, 0.2) is 47.4 Å². The lowest BCUT2D eigenvalue weighted by atomic mass is 9.91. The third-order valence-corrected chi connectivity index (χ3v) is 6.80. The maximum atomic E-state index is 12.5. The predicted octanol–water partition coefficient (Wildman–Crippen LogP) is 6.41. The highest BCUT2D eigenvalue weighted by atomic mass is 32.2. The molecule has 0 radical (unpaired) electrons. The topological polar surface area (TPSA) is 98.0 Å². The number of aromatic hydroxyl groups is 3. The molecule has 0 saturated heterocycles. The van der Waals surface area contributed by atoms with Crippen molar-refractivity contribution in [2.24, 2.45) is 0 Å². The average molecular weight is 433 g/mol. The van der Waals surface area contributed by atoms with E-state index in [4.69, 9.17) is 0 Å². The largest absolute Gasteiger partial charge is 0.508 e. The predicted molar refractivity (Wildman–Crippen MR) is 120 cm³/mol. The van der Waals surface area contributed by atoms with Crippen LogP contribution in [0.25, 0.3) is 0 Å². The second kappa shape index (κ2) is 11.7. The van der Waals surface area contributed by atoms with Gasteiger partial charge in [-0.05, 0) is 36.2 Å². The first-order chi connectivity index (χ1) is 14.4. The summed E-state index contributed by atoms with van der Waals surface area (Å²) >= 11 is 1.04. The fourth-order valence-electron chi connectivity index (χ4n) is 3.57. The third kappa shape index (κ3) is 6.59. The van der Waals surface area contributed by atoms with Crippen LogP contribution >= 0.6 is 11.8 Å². The van der Waals surface area contributed by atoms with Crippen molar-refractivity contribution in [3.05, 3.63) is 48.0 Å².